The van der Waals surface area contributed by atoms with Crippen molar-refractivity contribution >= 4 is 17.5 Å². The van der Waals surface area contributed by atoms with Crippen molar-refractivity contribution < 1.29 is 23.8 Å². The number of aromatic amines is 1. The molecule has 0 radical (unpaired) electrons. The first-order valence-corrected chi connectivity index (χ1v) is 9.01. The van der Waals surface area contributed by atoms with Gasteiger partial charge in [-0.15, -0.1) is 0 Å². The SMILES string of the molecule is CCc1[nH]c(-c2cc(O)c(C(=O)NC3=C(Cl)CCC=C3F)cc2F)nc1CO. The van der Waals surface area contributed by atoms with Gasteiger partial charge in [-0.2, -0.15) is 0 Å². The Morgan fingerprint density at radius 3 is 2.75 bits per heavy atom. The van der Waals surface area contributed by atoms with Crippen molar-refractivity contribution in [3.8, 4) is 17.1 Å². The minimum atomic E-state index is -0.897. The monoisotopic (exact) mass is 409 g/mol. The van der Waals surface area contributed by atoms with Gasteiger partial charge in [0.1, 0.15) is 23.2 Å². The molecule has 4 N–H and O–H groups in total. The Morgan fingerprint density at radius 1 is 1.39 bits per heavy atom. The van der Waals surface area contributed by atoms with E-state index < -0.39 is 23.3 Å². The van der Waals surface area contributed by atoms with E-state index in [-0.39, 0.29) is 34.3 Å². The number of aliphatic hydroxyl groups is 1. The van der Waals surface area contributed by atoms with Gasteiger partial charge in [-0.1, -0.05) is 18.5 Å². The summed E-state index contributed by atoms with van der Waals surface area (Å²) in [5.74, 6) is -2.78. The molecule has 0 saturated heterocycles. The number of phenolic OH excluding ortho intramolecular Hbond substituents is 1. The van der Waals surface area contributed by atoms with E-state index in [9.17, 15) is 23.8 Å². The molecule has 0 bridgehead atoms. The van der Waals surface area contributed by atoms with Crippen LogP contribution in [-0.4, -0.2) is 26.1 Å². The molecule has 1 aliphatic carbocycles. The maximum atomic E-state index is 14.6. The van der Waals surface area contributed by atoms with Gasteiger partial charge in [0.25, 0.3) is 5.91 Å². The predicted molar refractivity (Wildman–Crippen MR) is 99.7 cm³/mol. The molecule has 0 spiro atoms. The summed E-state index contributed by atoms with van der Waals surface area (Å²) in [6.07, 6.45) is 2.62. The first kappa shape index (κ1) is 20.0. The normalized spacial score (nSPS) is 14.2. The number of aromatic nitrogens is 2. The van der Waals surface area contributed by atoms with Crippen molar-refractivity contribution in [3.05, 3.63) is 57.5 Å². The van der Waals surface area contributed by atoms with Gasteiger partial charge in [0.2, 0.25) is 0 Å². The number of imidazole rings is 1. The van der Waals surface area contributed by atoms with Crippen LogP contribution in [0, 0.1) is 5.82 Å². The van der Waals surface area contributed by atoms with E-state index in [1.807, 2.05) is 6.92 Å². The van der Waals surface area contributed by atoms with E-state index in [4.69, 9.17) is 11.6 Å². The van der Waals surface area contributed by atoms with E-state index in [1.54, 1.807) is 0 Å². The second kappa shape index (κ2) is 8.12. The van der Waals surface area contributed by atoms with E-state index in [2.05, 4.69) is 15.3 Å². The second-order valence-corrected chi connectivity index (χ2v) is 6.65. The molecule has 0 saturated carbocycles. The number of rotatable bonds is 5. The van der Waals surface area contributed by atoms with Crippen molar-refractivity contribution in [2.75, 3.05) is 0 Å². The van der Waals surface area contributed by atoms with E-state index in [0.717, 1.165) is 12.1 Å². The number of nitrogens with zero attached hydrogens (tertiary/aromatic N) is 1. The summed E-state index contributed by atoms with van der Waals surface area (Å²) in [6, 6.07) is 1.89. The molecule has 0 atom stereocenters. The first-order valence-electron chi connectivity index (χ1n) is 8.63. The van der Waals surface area contributed by atoms with Crippen molar-refractivity contribution in [2.45, 2.75) is 32.8 Å². The predicted octanol–water partition coefficient (Wildman–Crippen LogP) is 3.80. The molecule has 0 aliphatic heterocycles. The van der Waals surface area contributed by atoms with Crippen LogP contribution in [0.1, 0.15) is 41.5 Å². The van der Waals surface area contributed by atoms with Crippen LogP contribution in [0.3, 0.4) is 0 Å². The Balaban J connectivity index is 1.93. The summed E-state index contributed by atoms with van der Waals surface area (Å²) in [5, 5.41) is 22.0. The number of hydrogen-bond acceptors (Lipinski definition) is 4. The fourth-order valence-electron chi connectivity index (χ4n) is 2.91. The van der Waals surface area contributed by atoms with E-state index in [0.29, 0.717) is 30.7 Å². The molecule has 1 amide bonds. The number of carbonyl (C=O) groups excluding carboxylic acids is 1. The fourth-order valence-corrected chi connectivity index (χ4v) is 3.16. The Kier molecular flexibility index (Phi) is 5.81. The van der Waals surface area contributed by atoms with Crippen molar-refractivity contribution in [2.24, 2.45) is 0 Å². The third kappa shape index (κ3) is 3.79. The maximum Gasteiger partial charge on any atom is 0.259 e. The quantitative estimate of drug-likeness (QED) is 0.603. The summed E-state index contributed by atoms with van der Waals surface area (Å²) in [4.78, 5) is 19.4. The molecule has 2 aromatic rings. The number of phenols is 1. The highest BCUT2D eigenvalue weighted by Gasteiger charge is 2.22. The zero-order chi connectivity index (χ0) is 20.4. The number of allylic oxidation sites excluding steroid dienone is 3. The standard InChI is InChI=1S/C19H18ClF2N3O3/c1-2-14-15(8-26)24-18(23-14)9-7-16(27)10(6-13(9)22)19(28)25-17-11(20)4-3-5-12(17)21/h5-7,26-27H,2-4,8H2,1H3,(H,23,24)(H,25,28). The minimum Gasteiger partial charge on any atom is -0.507 e. The number of aliphatic hydroxyl groups excluding tert-OH is 1. The maximum absolute atomic E-state index is 14.6. The smallest absolute Gasteiger partial charge is 0.259 e. The molecule has 6 nitrogen and oxygen atoms in total. The van der Waals surface area contributed by atoms with E-state index >= 15 is 0 Å². The molecule has 3 rings (SSSR count). The number of aryl methyl sites for hydroxylation is 1. The molecular formula is C19H18ClF2N3O3. The van der Waals surface area contributed by atoms with Gasteiger partial charge in [-0.25, -0.2) is 13.8 Å². The highest BCUT2D eigenvalue weighted by Crippen LogP contribution is 2.31. The lowest BCUT2D eigenvalue weighted by Gasteiger charge is -2.15. The third-order valence-corrected chi connectivity index (χ3v) is 4.77. The Morgan fingerprint density at radius 2 is 2.14 bits per heavy atom. The number of hydrogen-bond donors (Lipinski definition) is 4. The number of H-pyrrole nitrogens is 1. The molecule has 1 aromatic heterocycles. The van der Waals surface area contributed by atoms with Gasteiger partial charge in [0.15, 0.2) is 0 Å². The third-order valence-electron chi connectivity index (χ3n) is 4.39. The highest BCUT2D eigenvalue weighted by atomic mass is 35.5. The molecule has 0 unspecified atom stereocenters. The number of amides is 1. The van der Waals surface area contributed by atoms with Crippen molar-refractivity contribution in [3.63, 3.8) is 0 Å². The van der Waals surface area contributed by atoms with Crippen LogP contribution in [0.2, 0.25) is 0 Å². The Bertz CT molecular complexity index is 977. The van der Waals surface area contributed by atoms with E-state index in [1.165, 1.54) is 6.08 Å². The van der Waals surface area contributed by atoms with Crippen molar-refractivity contribution in [1.82, 2.24) is 15.3 Å². The van der Waals surface area contributed by atoms with Gasteiger partial charge >= 0.3 is 0 Å². The summed E-state index contributed by atoms with van der Waals surface area (Å²) >= 11 is 5.94. The largest absolute Gasteiger partial charge is 0.507 e. The lowest BCUT2D eigenvalue weighted by atomic mass is 10.1. The Hall–Kier alpha value is -2.71. The van der Waals surface area contributed by atoms with Gasteiger partial charge in [-0.05, 0) is 37.5 Å². The van der Waals surface area contributed by atoms with Crippen LogP contribution in [0.5, 0.6) is 5.75 Å². The van der Waals surface area contributed by atoms with Crippen LogP contribution in [0.4, 0.5) is 8.78 Å². The summed E-state index contributed by atoms with van der Waals surface area (Å²) < 4.78 is 28.5. The average Bonchev–Trinajstić information content (AvgIpc) is 3.09. The molecular weight excluding hydrogens is 392 g/mol. The van der Waals surface area contributed by atoms with Gasteiger partial charge < -0.3 is 20.5 Å². The van der Waals surface area contributed by atoms with Gasteiger partial charge in [0.05, 0.1) is 29.1 Å². The number of benzene rings is 1. The summed E-state index contributed by atoms with van der Waals surface area (Å²) in [5.41, 5.74) is 0.386. The number of carbonyl (C=O) groups is 1. The van der Waals surface area contributed by atoms with Crippen LogP contribution in [0.25, 0.3) is 11.4 Å². The summed E-state index contributed by atoms with van der Waals surface area (Å²) in [7, 11) is 0. The number of halogens is 3. The van der Waals surface area contributed by atoms with Crippen LogP contribution >= 0.6 is 11.6 Å². The molecule has 0 fully saturated rings. The number of aromatic hydroxyl groups is 1. The molecule has 1 aliphatic rings. The topological polar surface area (TPSA) is 98.2 Å². The molecule has 28 heavy (non-hydrogen) atoms. The molecule has 1 heterocycles. The molecule has 1 aromatic carbocycles. The fraction of sp³-hybridized carbons (Fsp3) is 0.263. The lowest BCUT2D eigenvalue weighted by Crippen LogP contribution is -2.25. The average molecular weight is 410 g/mol. The highest BCUT2D eigenvalue weighted by molar-refractivity contribution is 6.30. The first-order chi connectivity index (χ1) is 13.3. The van der Waals surface area contributed by atoms with Crippen LogP contribution in [-0.2, 0) is 13.0 Å². The zero-order valence-corrected chi connectivity index (χ0v) is 15.7. The second-order valence-electron chi connectivity index (χ2n) is 6.20. The van der Waals surface area contributed by atoms with Gasteiger partial charge in [0, 0.05) is 10.7 Å². The minimum absolute atomic E-state index is 0.0653. The number of nitrogens with one attached hydrogen (secondary N) is 2. The zero-order valence-electron chi connectivity index (χ0n) is 14.9. The lowest BCUT2D eigenvalue weighted by molar-refractivity contribution is 0.0961. The van der Waals surface area contributed by atoms with Crippen molar-refractivity contribution in [1.29, 1.82) is 0 Å². The van der Waals surface area contributed by atoms with Crippen LogP contribution < -0.4 is 5.32 Å². The van der Waals surface area contributed by atoms with Gasteiger partial charge in [-0.3, -0.25) is 4.79 Å². The molecule has 148 valence electrons. The Labute approximate surface area is 164 Å². The van der Waals surface area contributed by atoms with Crippen LogP contribution in [0.15, 0.2) is 34.8 Å². The molecule has 9 heteroatoms. The summed E-state index contributed by atoms with van der Waals surface area (Å²) in [6.45, 7) is 1.53.